The van der Waals surface area contributed by atoms with Gasteiger partial charge in [-0.1, -0.05) is 12.1 Å². The van der Waals surface area contributed by atoms with E-state index >= 15 is 0 Å². The number of esters is 1. The number of hydrogen-bond donors (Lipinski definition) is 1. The normalized spacial score (nSPS) is 11.2. The van der Waals surface area contributed by atoms with Crippen LogP contribution in [0.3, 0.4) is 0 Å². The summed E-state index contributed by atoms with van der Waals surface area (Å²) in [4.78, 5) is 16.2. The average Bonchev–Trinajstić information content (AvgIpc) is 2.40. The number of nitrogen functional groups attached to an aromatic ring is 1. The van der Waals surface area contributed by atoms with E-state index in [1.54, 1.807) is 12.3 Å². The summed E-state index contributed by atoms with van der Waals surface area (Å²) in [5, 5.41) is 0. The van der Waals surface area contributed by atoms with Gasteiger partial charge in [-0.3, -0.25) is 0 Å². The van der Waals surface area contributed by atoms with Gasteiger partial charge >= 0.3 is 5.97 Å². The number of hydrogen-bond acceptors (Lipinski definition) is 4. The predicted octanol–water partition coefficient (Wildman–Crippen LogP) is 3.59. The fourth-order valence-electron chi connectivity index (χ4n) is 2.00. The number of pyridine rings is 1. The molecule has 0 aliphatic heterocycles. The van der Waals surface area contributed by atoms with Crippen LogP contribution in [0.1, 0.15) is 36.7 Å². The monoisotopic (exact) mass is 284 g/mol. The first-order chi connectivity index (χ1) is 9.76. The summed E-state index contributed by atoms with van der Waals surface area (Å²) in [5.41, 5.74) is 8.65. The Morgan fingerprint density at radius 3 is 2.62 bits per heavy atom. The number of nitrogens with two attached hydrogens (primary N) is 1. The molecular formula is C17H20N2O2. The molecule has 2 aromatic rings. The molecule has 1 aromatic carbocycles. The molecule has 1 heterocycles. The molecule has 0 unspecified atom stereocenters. The summed E-state index contributed by atoms with van der Waals surface area (Å²) in [7, 11) is 0. The molecule has 0 amide bonds. The van der Waals surface area contributed by atoms with E-state index in [0.717, 1.165) is 16.7 Å². The van der Waals surface area contributed by atoms with Gasteiger partial charge in [0, 0.05) is 6.20 Å². The highest BCUT2D eigenvalue weighted by atomic mass is 16.6. The van der Waals surface area contributed by atoms with E-state index in [-0.39, 0.29) is 5.97 Å². The van der Waals surface area contributed by atoms with Gasteiger partial charge in [-0.15, -0.1) is 0 Å². The lowest BCUT2D eigenvalue weighted by atomic mass is 10.0. The zero-order chi connectivity index (χ0) is 15.6. The highest BCUT2D eigenvalue weighted by Crippen LogP contribution is 2.25. The smallest absolute Gasteiger partial charge is 0.338 e. The summed E-state index contributed by atoms with van der Waals surface area (Å²) in [6.07, 6.45) is 1.73. The lowest BCUT2D eigenvalue weighted by molar-refractivity contribution is 0.00696. The quantitative estimate of drug-likeness (QED) is 0.856. The Hall–Kier alpha value is -2.36. The van der Waals surface area contributed by atoms with Gasteiger partial charge < -0.3 is 10.5 Å². The second-order valence-electron chi connectivity index (χ2n) is 6.01. The van der Waals surface area contributed by atoms with E-state index in [1.165, 1.54) is 0 Å². The molecule has 0 bridgehead atoms. The Labute approximate surface area is 125 Å². The Balaban J connectivity index is 2.38. The molecule has 0 aliphatic carbocycles. The molecule has 0 radical (unpaired) electrons. The molecular weight excluding hydrogens is 264 g/mol. The molecule has 0 atom stereocenters. The van der Waals surface area contributed by atoms with Gasteiger partial charge in [0.05, 0.1) is 5.56 Å². The SMILES string of the molecule is Cc1cnc(N)cc1-c1cccc(C(=O)OC(C)(C)C)c1. The molecule has 21 heavy (non-hydrogen) atoms. The number of carbonyl (C=O) groups excluding carboxylic acids is 1. The van der Waals surface area contributed by atoms with Gasteiger partial charge in [0.1, 0.15) is 11.4 Å². The first-order valence-electron chi connectivity index (χ1n) is 6.82. The third kappa shape index (κ3) is 3.81. The number of ether oxygens (including phenoxy) is 1. The topological polar surface area (TPSA) is 65.2 Å². The molecule has 0 saturated heterocycles. The number of rotatable bonds is 2. The van der Waals surface area contributed by atoms with Crippen LogP contribution in [-0.4, -0.2) is 16.6 Å². The number of benzene rings is 1. The number of aromatic nitrogens is 1. The number of anilines is 1. The first kappa shape index (κ1) is 15.0. The molecule has 0 saturated carbocycles. The third-order valence-corrected chi connectivity index (χ3v) is 2.93. The van der Waals surface area contributed by atoms with Gasteiger partial charge in [0.25, 0.3) is 0 Å². The second kappa shape index (κ2) is 5.56. The van der Waals surface area contributed by atoms with E-state index in [1.807, 2.05) is 52.0 Å². The van der Waals surface area contributed by atoms with Crippen LogP contribution in [0.25, 0.3) is 11.1 Å². The molecule has 0 aliphatic rings. The van der Waals surface area contributed by atoms with Gasteiger partial charge in [-0.2, -0.15) is 0 Å². The highest BCUT2D eigenvalue weighted by molar-refractivity contribution is 5.91. The lowest BCUT2D eigenvalue weighted by Crippen LogP contribution is -2.23. The van der Waals surface area contributed by atoms with Crippen molar-refractivity contribution in [3.63, 3.8) is 0 Å². The fraction of sp³-hybridized carbons (Fsp3) is 0.294. The van der Waals surface area contributed by atoms with E-state index in [9.17, 15) is 4.79 Å². The van der Waals surface area contributed by atoms with Crippen molar-refractivity contribution in [2.45, 2.75) is 33.3 Å². The maximum Gasteiger partial charge on any atom is 0.338 e. The van der Waals surface area contributed by atoms with Crippen LogP contribution in [0.2, 0.25) is 0 Å². The standard InChI is InChI=1S/C17H20N2O2/c1-11-10-19-15(18)9-14(11)12-6-5-7-13(8-12)16(20)21-17(2,3)4/h5-10H,1-4H3,(H2,18,19). The molecule has 1 aromatic heterocycles. The van der Waals surface area contributed by atoms with Crippen LogP contribution in [0.4, 0.5) is 5.82 Å². The van der Waals surface area contributed by atoms with Crippen molar-refractivity contribution in [2.75, 3.05) is 5.73 Å². The minimum Gasteiger partial charge on any atom is -0.456 e. The number of carbonyl (C=O) groups is 1. The first-order valence-corrected chi connectivity index (χ1v) is 6.82. The largest absolute Gasteiger partial charge is 0.456 e. The van der Waals surface area contributed by atoms with Crippen molar-refractivity contribution < 1.29 is 9.53 Å². The summed E-state index contributed by atoms with van der Waals surface area (Å²) < 4.78 is 5.39. The van der Waals surface area contributed by atoms with Gasteiger partial charge in [0.15, 0.2) is 0 Å². The summed E-state index contributed by atoms with van der Waals surface area (Å²) >= 11 is 0. The van der Waals surface area contributed by atoms with Crippen LogP contribution in [0, 0.1) is 6.92 Å². The third-order valence-electron chi connectivity index (χ3n) is 2.93. The van der Waals surface area contributed by atoms with Crippen LogP contribution < -0.4 is 5.73 Å². The Morgan fingerprint density at radius 1 is 1.24 bits per heavy atom. The zero-order valence-electron chi connectivity index (χ0n) is 12.8. The van der Waals surface area contributed by atoms with Gasteiger partial charge in [-0.25, -0.2) is 9.78 Å². The maximum atomic E-state index is 12.1. The molecule has 2 N–H and O–H groups in total. The number of nitrogens with zero attached hydrogens (tertiary/aromatic N) is 1. The van der Waals surface area contributed by atoms with E-state index in [0.29, 0.717) is 11.4 Å². The number of aryl methyl sites for hydroxylation is 1. The van der Waals surface area contributed by atoms with Crippen molar-refractivity contribution in [1.29, 1.82) is 0 Å². The minimum atomic E-state index is -0.510. The molecule has 110 valence electrons. The molecule has 4 nitrogen and oxygen atoms in total. The highest BCUT2D eigenvalue weighted by Gasteiger charge is 2.18. The van der Waals surface area contributed by atoms with Crippen molar-refractivity contribution >= 4 is 11.8 Å². The van der Waals surface area contributed by atoms with Gasteiger partial charge in [-0.05, 0) is 62.6 Å². The Kier molecular flexibility index (Phi) is 3.98. The molecule has 0 fully saturated rings. The van der Waals surface area contributed by atoms with Crippen LogP contribution in [-0.2, 0) is 4.74 Å². The molecule has 0 spiro atoms. The van der Waals surface area contributed by atoms with Crippen molar-refractivity contribution in [3.8, 4) is 11.1 Å². The Morgan fingerprint density at radius 2 is 1.95 bits per heavy atom. The van der Waals surface area contributed by atoms with Crippen LogP contribution in [0.5, 0.6) is 0 Å². The van der Waals surface area contributed by atoms with Crippen molar-refractivity contribution in [1.82, 2.24) is 4.98 Å². The second-order valence-corrected chi connectivity index (χ2v) is 6.01. The Bertz CT molecular complexity index is 673. The molecule has 2 rings (SSSR count). The lowest BCUT2D eigenvalue weighted by Gasteiger charge is -2.19. The summed E-state index contributed by atoms with van der Waals surface area (Å²) in [6.45, 7) is 7.51. The average molecular weight is 284 g/mol. The van der Waals surface area contributed by atoms with Crippen molar-refractivity contribution in [2.24, 2.45) is 0 Å². The van der Waals surface area contributed by atoms with Gasteiger partial charge in [0.2, 0.25) is 0 Å². The predicted molar refractivity (Wildman–Crippen MR) is 84.0 cm³/mol. The van der Waals surface area contributed by atoms with E-state index < -0.39 is 5.60 Å². The van der Waals surface area contributed by atoms with Crippen molar-refractivity contribution in [3.05, 3.63) is 47.7 Å². The van der Waals surface area contributed by atoms with E-state index in [2.05, 4.69) is 4.98 Å². The van der Waals surface area contributed by atoms with E-state index in [4.69, 9.17) is 10.5 Å². The summed E-state index contributed by atoms with van der Waals surface area (Å²) in [5.74, 6) is 0.127. The van der Waals surface area contributed by atoms with Crippen LogP contribution in [0.15, 0.2) is 36.5 Å². The maximum absolute atomic E-state index is 12.1. The molecule has 4 heteroatoms. The zero-order valence-corrected chi connectivity index (χ0v) is 12.8. The van der Waals surface area contributed by atoms with Crippen LogP contribution >= 0.6 is 0 Å². The minimum absolute atomic E-state index is 0.330. The fourth-order valence-corrected chi connectivity index (χ4v) is 2.00. The summed E-state index contributed by atoms with van der Waals surface area (Å²) in [6, 6.07) is 9.15.